The molecule has 3 heteroatoms. The van der Waals surface area contributed by atoms with Crippen LogP contribution in [-0.2, 0) is 0 Å². The van der Waals surface area contributed by atoms with Crippen LogP contribution in [0.2, 0.25) is 39.3 Å². The standard InChI is InChI=1S/C6H18Si2.Na.H/c1-7(2,3)8(4,5)6;;/h1-6H3;;. The van der Waals surface area contributed by atoms with Crippen LogP contribution in [0, 0.1) is 0 Å². The first kappa shape index (κ1) is 13.1. The van der Waals surface area contributed by atoms with Gasteiger partial charge in [-0.15, -0.1) is 0 Å². The van der Waals surface area contributed by atoms with Crippen molar-refractivity contribution in [1.82, 2.24) is 0 Å². The summed E-state index contributed by atoms with van der Waals surface area (Å²) in [5.41, 5.74) is 0. The first-order valence-corrected chi connectivity index (χ1v) is 11.2. The van der Waals surface area contributed by atoms with Gasteiger partial charge in [-0.1, -0.05) is 39.3 Å². The van der Waals surface area contributed by atoms with Crippen LogP contribution in [0.25, 0.3) is 0 Å². The van der Waals surface area contributed by atoms with Gasteiger partial charge in [-0.25, -0.2) is 0 Å². The molecule has 0 saturated carbocycles. The van der Waals surface area contributed by atoms with E-state index in [1.54, 1.807) is 0 Å². The summed E-state index contributed by atoms with van der Waals surface area (Å²) in [7, 11) is -1.44. The van der Waals surface area contributed by atoms with E-state index in [2.05, 4.69) is 39.3 Å². The van der Waals surface area contributed by atoms with E-state index in [9.17, 15) is 0 Å². The van der Waals surface area contributed by atoms with Gasteiger partial charge in [0, 0.05) is 15.2 Å². The van der Waals surface area contributed by atoms with E-state index in [1.807, 2.05) is 0 Å². The molecule has 0 rings (SSSR count). The molecular formula is C6H19NaSi2. The Balaban J connectivity index is 0. The van der Waals surface area contributed by atoms with Gasteiger partial charge in [0.05, 0.1) is 0 Å². The van der Waals surface area contributed by atoms with Crippen LogP contribution in [0.3, 0.4) is 0 Å². The first-order chi connectivity index (χ1) is 3.25. The molecule has 0 aromatic heterocycles. The van der Waals surface area contributed by atoms with Crippen molar-refractivity contribution < 1.29 is 0 Å². The fourth-order valence-corrected chi connectivity index (χ4v) is 0. The first-order valence-electron chi connectivity index (χ1n) is 3.25. The van der Waals surface area contributed by atoms with E-state index in [0.717, 1.165) is 0 Å². The normalized spacial score (nSPS) is 12.7. The Morgan fingerprint density at radius 3 is 0.667 bits per heavy atom. The molecule has 0 atom stereocenters. The number of hydrogen-bond donors (Lipinski definition) is 0. The van der Waals surface area contributed by atoms with Crippen LogP contribution >= 0.6 is 0 Å². The molecule has 0 unspecified atom stereocenters. The van der Waals surface area contributed by atoms with Crippen molar-refractivity contribution in [2.75, 3.05) is 0 Å². The fraction of sp³-hybridized carbons (Fsp3) is 1.00. The summed E-state index contributed by atoms with van der Waals surface area (Å²) in [5.74, 6) is 0. The molecule has 0 aliphatic carbocycles. The topological polar surface area (TPSA) is 0 Å². The Bertz CT molecular complexity index is 66.0. The Labute approximate surface area is 83.5 Å². The van der Waals surface area contributed by atoms with Gasteiger partial charge >= 0.3 is 29.6 Å². The molecule has 0 spiro atoms. The molecular weight excluding hydrogens is 151 g/mol. The predicted molar refractivity (Wildman–Crippen MR) is 53.8 cm³/mol. The Kier molecular flexibility index (Phi) is 5.39. The summed E-state index contributed by atoms with van der Waals surface area (Å²) in [4.78, 5) is 0. The van der Waals surface area contributed by atoms with Crippen LogP contribution in [0.15, 0.2) is 0 Å². The van der Waals surface area contributed by atoms with Crippen LogP contribution in [0.5, 0.6) is 0 Å². The second-order valence-electron chi connectivity index (χ2n) is 4.50. The SMILES string of the molecule is C[Si](C)(C)[Si](C)(C)C.[NaH]. The van der Waals surface area contributed by atoms with Crippen molar-refractivity contribution >= 4 is 44.7 Å². The van der Waals surface area contributed by atoms with Crippen molar-refractivity contribution in [3.8, 4) is 0 Å². The van der Waals surface area contributed by atoms with Gasteiger partial charge < -0.3 is 0 Å². The van der Waals surface area contributed by atoms with Gasteiger partial charge in [0.1, 0.15) is 0 Å². The third-order valence-corrected chi connectivity index (χ3v) is 20.2. The average Bonchev–Trinajstić information content (AvgIpc) is 1.25. The van der Waals surface area contributed by atoms with Crippen molar-refractivity contribution in [3.05, 3.63) is 0 Å². The molecule has 52 valence electrons. The van der Waals surface area contributed by atoms with Gasteiger partial charge in [0.25, 0.3) is 0 Å². The van der Waals surface area contributed by atoms with Crippen molar-refractivity contribution in [2.45, 2.75) is 39.3 Å². The van der Waals surface area contributed by atoms with Gasteiger partial charge in [-0.2, -0.15) is 0 Å². The van der Waals surface area contributed by atoms with Crippen LogP contribution in [0.1, 0.15) is 0 Å². The molecule has 0 fully saturated rings. The molecule has 9 heavy (non-hydrogen) atoms. The molecule has 0 aliphatic heterocycles. The van der Waals surface area contributed by atoms with Crippen LogP contribution < -0.4 is 0 Å². The molecule has 0 amide bonds. The Morgan fingerprint density at radius 2 is 0.667 bits per heavy atom. The van der Waals surface area contributed by atoms with Crippen LogP contribution in [-0.4, -0.2) is 44.7 Å². The summed E-state index contributed by atoms with van der Waals surface area (Å²) in [6.07, 6.45) is 0. The second kappa shape index (κ2) is 3.72. The van der Waals surface area contributed by atoms with E-state index in [-0.39, 0.29) is 29.6 Å². The summed E-state index contributed by atoms with van der Waals surface area (Å²) in [6.45, 7) is 14.8. The monoisotopic (exact) mass is 170 g/mol. The quantitative estimate of drug-likeness (QED) is 0.529. The predicted octanol–water partition coefficient (Wildman–Crippen LogP) is 2.09. The molecule has 0 aliphatic rings. The number of hydrogen-bond acceptors (Lipinski definition) is 0. The maximum absolute atomic E-state index is 2.47. The van der Waals surface area contributed by atoms with E-state index in [0.29, 0.717) is 0 Å². The maximum atomic E-state index is 2.47. The molecule has 0 bridgehead atoms. The van der Waals surface area contributed by atoms with Crippen molar-refractivity contribution in [1.29, 1.82) is 0 Å². The van der Waals surface area contributed by atoms with E-state index in [4.69, 9.17) is 0 Å². The van der Waals surface area contributed by atoms with Gasteiger partial charge in [-0.05, 0) is 0 Å². The molecule has 0 aromatic carbocycles. The van der Waals surface area contributed by atoms with E-state index < -0.39 is 15.2 Å². The molecule has 0 radical (unpaired) electrons. The second-order valence-corrected chi connectivity index (χ2v) is 22.5. The van der Waals surface area contributed by atoms with Gasteiger partial charge in [0.15, 0.2) is 0 Å². The zero-order chi connectivity index (χ0) is 7.00. The molecule has 0 N–H and O–H groups in total. The van der Waals surface area contributed by atoms with E-state index in [1.165, 1.54) is 0 Å². The zero-order valence-corrected chi connectivity index (χ0v) is 9.00. The minimum absolute atomic E-state index is 0. The summed E-state index contributed by atoms with van der Waals surface area (Å²) >= 11 is 0. The Morgan fingerprint density at radius 1 is 0.556 bits per heavy atom. The van der Waals surface area contributed by atoms with Crippen molar-refractivity contribution in [3.63, 3.8) is 0 Å². The molecule has 0 heterocycles. The number of rotatable bonds is 1. The van der Waals surface area contributed by atoms with E-state index >= 15 is 0 Å². The summed E-state index contributed by atoms with van der Waals surface area (Å²) < 4.78 is 0. The molecule has 0 saturated heterocycles. The van der Waals surface area contributed by atoms with Gasteiger partial charge in [-0.3, -0.25) is 0 Å². The van der Waals surface area contributed by atoms with Gasteiger partial charge in [0.2, 0.25) is 0 Å². The molecule has 0 aromatic rings. The summed E-state index contributed by atoms with van der Waals surface area (Å²) in [5, 5.41) is 0. The average molecular weight is 170 g/mol. The fourth-order valence-electron chi connectivity index (χ4n) is 0. The minimum atomic E-state index is -0.720. The molecule has 0 nitrogen and oxygen atoms in total. The third kappa shape index (κ3) is 4.79. The Hall–Kier alpha value is 1.43. The zero-order valence-electron chi connectivity index (χ0n) is 7.00. The third-order valence-electron chi connectivity index (χ3n) is 2.25. The van der Waals surface area contributed by atoms with Crippen LogP contribution in [0.4, 0.5) is 0 Å². The summed E-state index contributed by atoms with van der Waals surface area (Å²) in [6, 6.07) is 0. The van der Waals surface area contributed by atoms with Crippen molar-refractivity contribution in [2.24, 2.45) is 0 Å².